The van der Waals surface area contributed by atoms with Crippen LogP contribution < -0.4 is 16.0 Å². The lowest BCUT2D eigenvalue weighted by molar-refractivity contribution is -0.115. The summed E-state index contributed by atoms with van der Waals surface area (Å²) in [5, 5.41) is 12.6. The van der Waals surface area contributed by atoms with E-state index in [2.05, 4.69) is 20.9 Å². The van der Waals surface area contributed by atoms with Crippen LogP contribution in [0.15, 0.2) is 83.1 Å². The van der Waals surface area contributed by atoms with Gasteiger partial charge in [-0.25, -0.2) is 4.98 Å². The van der Waals surface area contributed by atoms with Crippen LogP contribution in [0.3, 0.4) is 0 Å². The maximum Gasteiger partial charge on any atom is 0.239 e. The smallest absolute Gasteiger partial charge is 0.239 e. The van der Waals surface area contributed by atoms with Crippen molar-refractivity contribution in [2.45, 2.75) is 24.0 Å². The summed E-state index contributed by atoms with van der Waals surface area (Å²) in [4.78, 5) is 18.3. The number of aromatic nitrogens is 1. The lowest BCUT2D eigenvalue weighted by Gasteiger charge is -2.13. The molecule has 4 aromatic rings. The number of carbonyl (C=O) groups excluding carboxylic acids is 1. The van der Waals surface area contributed by atoms with Gasteiger partial charge in [-0.1, -0.05) is 47.5 Å². The van der Waals surface area contributed by atoms with Gasteiger partial charge in [-0.15, -0.1) is 23.1 Å². The van der Waals surface area contributed by atoms with E-state index in [9.17, 15) is 4.79 Å². The molecule has 1 aromatic heterocycles. The molecule has 1 heterocycles. The maximum atomic E-state index is 12.8. The standard InChI is InChI=1S/C26H23ClN4OS3/c1-16-6-12-20(13-7-16)28-25(33)29-21-4-3-5-22(14-21)35-17(2)24(32)31-26-30-23(15-34-26)18-8-10-19(27)11-9-18/h3-15,17H,1-2H3,(H2,28,29,33)(H,30,31,32). The van der Waals surface area contributed by atoms with Crippen LogP contribution in [0.1, 0.15) is 12.5 Å². The Kier molecular flexibility index (Phi) is 8.41. The van der Waals surface area contributed by atoms with E-state index in [0.29, 0.717) is 15.3 Å². The Morgan fingerprint density at radius 1 is 1.00 bits per heavy atom. The van der Waals surface area contributed by atoms with Crippen molar-refractivity contribution in [2.75, 3.05) is 16.0 Å². The van der Waals surface area contributed by atoms with E-state index >= 15 is 0 Å². The number of nitrogens with zero attached hydrogens (tertiary/aromatic N) is 1. The molecule has 0 aliphatic rings. The molecule has 0 aliphatic heterocycles. The predicted octanol–water partition coefficient (Wildman–Crippen LogP) is 7.70. The van der Waals surface area contributed by atoms with E-state index in [1.54, 1.807) is 0 Å². The number of thiocarbonyl (C=S) groups is 1. The van der Waals surface area contributed by atoms with E-state index in [4.69, 9.17) is 23.8 Å². The van der Waals surface area contributed by atoms with E-state index in [1.165, 1.54) is 28.7 Å². The molecule has 0 saturated carbocycles. The molecule has 3 aromatic carbocycles. The van der Waals surface area contributed by atoms with Crippen molar-refractivity contribution < 1.29 is 4.79 Å². The minimum Gasteiger partial charge on any atom is -0.332 e. The zero-order valence-corrected chi connectivity index (χ0v) is 22.2. The summed E-state index contributed by atoms with van der Waals surface area (Å²) in [6.07, 6.45) is 0. The number of rotatable bonds is 7. The van der Waals surface area contributed by atoms with Crippen molar-refractivity contribution in [2.24, 2.45) is 0 Å². The number of nitrogens with one attached hydrogen (secondary N) is 3. The summed E-state index contributed by atoms with van der Waals surface area (Å²) in [5.41, 5.74) is 4.71. The molecule has 3 N–H and O–H groups in total. The van der Waals surface area contributed by atoms with Gasteiger partial charge in [-0.05, 0) is 68.5 Å². The highest BCUT2D eigenvalue weighted by Crippen LogP contribution is 2.29. The zero-order valence-electron chi connectivity index (χ0n) is 19.0. The Balaban J connectivity index is 1.32. The lowest BCUT2D eigenvalue weighted by atomic mass is 10.2. The molecule has 35 heavy (non-hydrogen) atoms. The van der Waals surface area contributed by atoms with E-state index in [1.807, 2.05) is 92.0 Å². The first-order valence-corrected chi connectivity index (χ1v) is 13.3. The van der Waals surface area contributed by atoms with Gasteiger partial charge in [0, 0.05) is 32.2 Å². The second kappa shape index (κ2) is 11.7. The topological polar surface area (TPSA) is 66.0 Å². The molecule has 0 saturated heterocycles. The number of anilines is 3. The number of aryl methyl sites for hydroxylation is 1. The second-order valence-corrected chi connectivity index (χ2v) is 10.9. The quantitative estimate of drug-likeness (QED) is 0.165. The lowest BCUT2D eigenvalue weighted by Crippen LogP contribution is -2.22. The highest BCUT2D eigenvalue weighted by Gasteiger charge is 2.17. The zero-order chi connectivity index (χ0) is 24.8. The van der Waals surface area contributed by atoms with Crippen molar-refractivity contribution in [3.05, 3.63) is 88.8 Å². The van der Waals surface area contributed by atoms with Gasteiger partial charge in [-0.2, -0.15) is 0 Å². The first kappa shape index (κ1) is 25.2. The third-order valence-corrected chi connectivity index (χ3v) is 7.27. The van der Waals surface area contributed by atoms with Gasteiger partial charge >= 0.3 is 0 Å². The number of carbonyl (C=O) groups is 1. The first-order chi connectivity index (χ1) is 16.9. The molecule has 0 bridgehead atoms. The Morgan fingerprint density at radius 2 is 1.71 bits per heavy atom. The molecule has 178 valence electrons. The maximum absolute atomic E-state index is 12.8. The Morgan fingerprint density at radius 3 is 2.46 bits per heavy atom. The molecule has 0 fully saturated rings. The molecular formula is C26H23ClN4OS3. The molecule has 1 atom stereocenters. The average Bonchev–Trinajstić information content (AvgIpc) is 3.29. The molecule has 5 nitrogen and oxygen atoms in total. The van der Waals surface area contributed by atoms with E-state index < -0.39 is 0 Å². The van der Waals surface area contributed by atoms with Crippen molar-refractivity contribution in [1.29, 1.82) is 0 Å². The molecule has 0 spiro atoms. The highest BCUT2D eigenvalue weighted by atomic mass is 35.5. The first-order valence-electron chi connectivity index (χ1n) is 10.8. The summed E-state index contributed by atoms with van der Waals surface area (Å²) in [5.74, 6) is -0.109. The van der Waals surface area contributed by atoms with Crippen LogP contribution in [-0.2, 0) is 4.79 Å². The third kappa shape index (κ3) is 7.29. The van der Waals surface area contributed by atoms with Crippen molar-refractivity contribution in [1.82, 2.24) is 4.98 Å². The fourth-order valence-electron chi connectivity index (χ4n) is 3.13. The number of hydrogen-bond acceptors (Lipinski definition) is 5. The van der Waals surface area contributed by atoms with Crippen LogP contribution in [0.2, 0.25) is 5.02 Å². The molecule has 1 amide bonds. The van der Waals surface area contributed by atoms with Gasteiger partial charge in [-0.3, -0.25) is 4.79 Å². The minimum atomic E-state index is -0.314. The average molecular weight is 539 g/mol. The van der Waals surface area contributed by atoms with Gasteiger partial charge in [0.2, 0.25) is 5.91 Å². The van der Waals surface area contributed by atoms with Gasteiger partial charge in [0.15, 0.2) is 10.2 Å². The van der Waals surface area contributed by atoms with E-state index in [-0.39, 0.29) is 11.2 Å². The molecule has 9 heteroatoms. The van der Waals surface area contributed by atoms with Crippen LogP contribution in [0, 0.1) is 6.92 Å². The third-order valence-electron chi connectivity index (χ3n) is 4.96. The number of hydrogen-bond donors (Lipinski definition) is 3. The van der Waals surface area contributed by atoms with Crippen LogP contribution in [0.25, 0.3) is 11.3 Å². The number of benzene rings is 3. The molecule has 0 aliphatic carbocycles. The number of amides is 1. The van der Waals surface area contributed by atoms with Crippen molar-refractivity contribution in [3.8, 4) is 11.3 Å². The summed E-state index contributed by atoms with van der Waals surface area (Å²) >= 11 is 14.3. The van der Waals surface area contributed by atoms with Crippen molar-refractivity contribution in [3.63, 3.8) is 0 Å². The summed E-state index contributed by atoms with van der Waals surface area (Å²) < 4.78 is 0. The molecule has 1 unspecified atom stereocenters. The highest BCUT2D eigenvalue weighted by molar-refractivity contribution is 8.00. The number of thiazole rings is 1. The number of halogens is 1. The monoisotopic (exact) mass is 538 g/mol. The Bertz CT molecular complexity index is 1320. The summed E-state index contributed by atoms with van der Waals surface area (Å²) in [7, 11) is 0. The minimum absolute atomic E-state index is 0.109. The van der Waals surface area contributed by atoms with Crippen LogP contribution in [-0.4, -0.2) is 21.3 Å². The Hall–Kier alpha value is -2.91. The van der Waals surface area contributed by atoms with Crippen molar-refractivity contribution >= 4 is 74.4 Å². The fourth-order valence-corrected chi connectivity index (χ4v) is 5.14. The summed E-state index contributed by atoms with van der Waals surface area (Å²) in [6, 6.07) is 23.3. The predicted molar refractivity (Wildman–Crippen MR) is 154 cm³/mol. The van der Waals surface area contributed by atoms with Gasteiger partial charge < -0.3 is 16.0 Å². The van der Waals surface area contributed by atoms with Gasteiger partial charge in [0.25, 0.3) is 0 Å². The Labute approximate surface area is 223 Å². The van der Waals surface area contributed by atoms with Gasteiger partial charge in [0.1, 0.15) is 0 Å². The van der Waals surface area contributed by atoms with E-state index in [0.717, 1.165) is 27.5 Å². The second-order valence-electron chi connectivity index (χ2n) is 7.77. The van der Waals surface area contributed by atoms with Crippen LogP contribution in [0.4, 0.5) is 16.5 Å². The van der Waals surface area contributed by atoms with Gasteiger partial charge in [0.05, 0.1) is 10.9 Å². The molecule has 4 rings (SSSR count). The fraction of sp³-hybridized carbons (Fsp3) is 0.115. The molecule has 0 radical (unpaired) electrons. The normalized spacial score (nSPS) is 11.5. The largest absolute Gasteiger partial charge is 0.332 e. The SMILES string of the molecule is Cc1ccc(NC(=S)Nc2cccc(SC(C)C(=O)Nc3nc(-c4ccc(Cl)cc4)cs3)c2)cc1. The van der Waals surface area contributed by atoms with Crippen LogP contribution >= 0.6 is 46.9 Å². The molecular weight excluding hydrogens is 516 g/mol. The summed E-state index contributed by atoms with van der Waals surface area (Å²) in [6.45, 7) is 3.91. The van der Waals surface area contributed by atoms with Crippen LogP contribution in [0.5, 0.6) is 0 Å². The number of thioether (sulfide) groups is 1.